The van der Waals surface area contributed by atoms with Crippen molar-refractivity contribution in [3.63, 3.8) is 0 Å². The minimum atomic E-state index is -3.61. The van der Waals surface area contributed by atoms with Gasteiger partial charge in [-0.25, -0.2) is 8.42 Å². The molecular formula is C10H15N5O2S. The number of sulfonamides is 1. The van der Waals surface area contributed by atoms with Gasteiger partial charge in [-0.1, -0.05) is 0 Å². The summed E-state index contributed by atoms with van der Waals surface area (Å²) in [5.41, 5.74) is 6.26. The van der Waals surface area contributed by atoms with Crippen LogP contribution in [-0.2, 0) is 30.7 Å². The standard InChI is InChI=1S/C10H15N5O2S/c1-14-7-9(5-8(14)6-11)18(16,17)13-10-3-4-15(2)12-10/h3-5,7H,6,11H2,1-2H3,(H,12,13). The summed E-state index contributed by atoms with van der Waals surface area (Å²) in [6, 6.07) is 3.13. The summed E-state index contributed by atoms with van der Waals surface area (Å²) in [5.74, 6) is 0.288. The third-order valence-electron chi connectivity index (χ3n) is 2.55. The van der Waals surface area contributed by atoms with Crippen molar-refractivity contribution < 1.29 is 8.42 Å². The Morgan fingerprint density at radius 2 is 2.17 bits per heavy atom. The molecule has 18 heavy (non-hydrogen) atoms. The van der Waals surface area contributed by atoms with E-state index >= 15 is 0 Å². The van der Waals surface area contributed by atoms with Gasteiger partial charge in [0.25, 0.3) is 10.0 Å². The molecular weight excluding hydrogens is 254 g/mol. The molecule has 0 amide bonds. The zero-order chi connectivity index (χ0) is 13.3. The van der Waals surface area contributed by atoms with Crippen molar-refractivity contribution in [3.8, 4) is 0 Å². The molecule has 2 rings (SSSR count). The van der Waals surface area contributed by atoms with E-state index in [4.69, 9.17) is 5.73 Å². The van der Waals surface area contributed by atoms with Crippen LogP contribution in [0.15, 0.2) is 29.4 Å². The fourth-order valence-corrected chi connectivity index (χ4v) is 2.68. The zero-order valence-electron chi connectivity index (χ0n) is 10.2. The molecule has 2 aromatic heterocycles. The largest absolute Gasteiger partial charge is 0.352 e. The predicted octanol–water partition coefficient (Wildman–Crippen LogP) is 0.0181. The molecule has 0 radical (unpaired) electrons. The molecule has 0 saturated heterocycles. The van der Waals surface area contributed by atoms with E-state index < -0.39 is 10.0 Å². The quantitative estimate of drug-likeness (QED) is 0.818. The third kappa shape index (κ3) is 2.39. The molecule has 2 heterocycles. The van der Waals surface area contributed by atoms with E-state index in [1.54, 1.807) is 37.0 Å². The molecule has 7 nitrogen and oxygen atoms in total. The number of rotatable bonds is 4. The first kappa shape index (κ1) is 12.7. The van der Waals surface area contributed by atoms with Crippen molar-refractivity contribution in [2.24, 2.45) is 19.8 Å². The van der Waals surface area contributed by atoms with E-state index in [1.807, 2.05) is 0 Å². The van der Waals surface area contributed by atoms with E-state index in [9.17, 15) is 8.42 Å². The Balaban J connectivity index is 2.30. The van der Waals surface area contributed by atoms with Crippen molar-refractivity contribution >= 4 is 15.8 Å². The van der Waals surface area contributed by atoms with Crippen LogP contribution in [0, 0.1) is 0 Å². The van der Waals surface area contributed by atoms with Crippen molar-refractivity contribution in [1.82, 2.24) is 14.3 Å². The van der Waals surface area contributed by atoms with Gasteiger partial charge in [0.1, 0.15) is 4.90 Å². The minimum Gasteiger partial charge on any atom is -0.352 e. The molecule has 3 N–H and O–H groups in total. The first-order valence-corrected chi connectivity index (χ1v) is 6.78. The highest BCUT2D eigenvalue weighted by Crippen LogP contribution is 2.16. The summed E-state index contributed by atoms with van der Waals surface area (Å²) in [4.78, 5) is 0.177. The number of hydrogen-bond acceptors (Lipinski definition) is 4. The maximum Gasteiger partial charge on any atom is 0.264 e. The maximum atomic E-state index is 12.1. The second-order valence-electron chi connectivity index (χ2n) is 3.96. The van der Waals surface area contributed by atoms with Gasteiger partial charge in [0.15, 0.2) is 5.82 Å². The molecule has 0 aliphatic heterocycles. The van der Waals surface area contributed by atoms with E-state index in [-0.39, 0.29) is 17.3 Å². The Labute approximate surface area is 105 Å². The molecule has 0 atom stereocenters. The fraction of sp³-hybridized carbons (Fsp3) is 0.300. The maximum absolute atomic E-state index is 12.1. The van der Waals surface area contributed by atoms with Crippen LogP contribution in [0.4, 0.5) is 5.82 Å². The highest BCUT2D eigenvalue weighted by molar-refractivity contribution is 7.92. The Morgan fingerprint density at radius 1 is 1.44 bits per heavy atom. The van der Waals surface area contributed by atoms with Gasteiger partial charge in [0.05, 0.1) is 0 Å². The van der Waals surface area contributed by atoms with Gasteiger partial charge in [0, 0.05) is 44.8 Å². The normalized spacial score (nSPS) is 11.7. The summed E-state index contributed by atoms with van der Waals surface area (Å²) in [7, 11) is -0.147. The van der Waals surface area contributed by atoms with Crippen molar-refractivity contribution in [2.75, 3.05) is 4.72 Å². The summed E-state index contributed by atoms with van der Waals surface area (Å²) in [5, 5.41) is 3.97. The highest BCUT2D eigenvalue weighted by atomic mass is 32.2. The van der Waals surface area contributed by atoms with Gasteiger partial charge in [0.2, 0.25) is 0 Å². The van der Waals surface area contributed by atoms with Crippen molar-refractivity contribution in [1.29, 1.82) is 0 Å². The number of nitrogens with zero attached hydrogens (tertiary/aromatic N) is 3. The van der Waals surface area contributed by atoms with Crippen LogP contribution in [0.3, 0.4) is 0 Å². The van der Waals surface area contributed by atoms with Gasteiger partial charge in [-0.15, -0.1) is 0 Å². The monoisotopic (exact) mass is 269 g/mol. The average molecular weight is 269 g/mol. The lowest BCUT2D eigenvalue weighted by molar-refractivity contribution is 0.600. The van der Waals surface area contributed by atoms with Crippen molar-refractivity contribution in [2.45, 2.75) is 11.4 Å². The van der Waals surface area contributed by atoms with Gasteiger partial charge >= 0.3 is 0 Å². The predicted molar refractivity (Wildman–Crippen MR) is 67.3 cm³/mol. The van der Waals surface area contributed by atoms with Crippen LogP contribution in [0.25, 0.3) is 0 Å². The highest BCUT2D eigenvalue weighted by Gasteiger charge is 2.18. The topological polar surface area (TPSA) is 94.9 Å². The molecule has 98 valence electrons. The van der Waals surface area contributed by atoms with E-state index in [0.29, 0.717) is 0 Å². The van der Waals surface area contributed by atoms with Gasteiger partial charge in [-0.05, 0) is 6.07 Å². The summed E-state index contributed by atoms with van der Waals surface area (Å²) >= 11 is 0. The number of hydrogen-bond donors (Lipinski definition) is 2. The first-order valence-electron chi connectivity index (χ1n) is 5.30. The van der Waals surface area contributed by atoms with Gasteiger partial charge in [-0.2, -0.15) is 5.10 Å². The Bertz CT molecular complexity index is 656. The minimum absolute atomic E-state index is 0.177. The van der Waals surface area contributed by atoms with E-state index in [0.717, 1.165) is 5.69 Å². The number of anilines is 1. The number of nitrogens with one attached hydrogen (secondary N) is 1. The lowest BCUT2D eigenvalue weighted by atomic mass is 10.4. The molecule has 0 aliphatic rings. The van der Waals surface area contributed by atoms with Crippen LogP contribution in [0.1, 0.15) is 5.69 Å². The third-order valence-corrected chi connectivity index (χ3v) is 3.88. The second-order valence-corrected chi connectivity index (χ2v) is 5.64. The molecule has 0 spiro atoms. The van der Waals surface area contributed by atoms with E-state index in [2.05, 4.69) is 9.82 Å². The lowest BCUT2D eigenvalue weighted by Crippen LogP contribution is -2.12. The first-order chi connectivity index (χ1) is 8.42. The number of aryl methyl sites for hydroxylation is 2. The van der Waals surface area contributed by atoms with Crippen LogP contribution in [0.5, 0.6) is 0 Å². The SMILES string of the molecule is Cn1ccc(NS(=O)(=O)c2cc(CN)n(C)c2)n1. The van der Waals surface area contributed by atoms with Crippen LogP contribution in [-0.4, -0.2) is 22.8 Å². The average Bonchev–Trinajstić information content (AvgIpc) is 2.84. The Hall–Kier alpha value is -1.80. The Kier molecular flexibility index (Phi) is 3.14. The smallest absolute Gasteiger partial charge is 0.264 e. The lowest BCUT2D eigenvalue weighted by Gasteiger charge is -2.02. The molecule has 0 aromatic carbocycles. The zero-order valence-corrected chi connectivity index (χ0v) is 11.0. The van der Waals surface area contributed by atoms with Crippen molar-refractivity contribution in [3.05, 3.63) is 30.2 Å². The van der Waals surface area contributed by atoms with Crippen LogP contribution >= 0.6 is 0 Å². The van der Waals surface area contributed by atoms with Crippen LogP contribution < -0.4 is 10.5 Å². The summed E-state index contributed by atoms with van der Waals surface area (Å²) in [6.07, 6.45) is 3.18. The van der Waals surface area contributed by atoms with Gasteiger partial charge in [-0.3, -0.25) is 9.40 Å². The molecule has 0 saturated carbocycles. The molecule has 0 aliphatic carbocycles. The summed E-state index contributed by atoms with van der Waals surface area (Å²) < 4.78 is 29.8. The van der Waals surface area contributed by atoms with E-state index in [1.165, 1.54) is 10.9 Å². The summed E-state index contributed by atoms with van der Waals surface area (Å²) in [6.45, 7) is 0.287. The molecule has 0 unspecified atom stereocenters. The number of nitrogens with two attached hydrogens (primary N) is 1. The molecule has 0 bridgehead atoms. The second kappa shape index (κ2) is 4.46. The molecule has 0 fully saturated rings. The fourth-order valence-electron chi connectivity index (χ4n) is 1.59. The molecule has 8 heteroatoms. The van der Waals surface area contributed by atoms with Gasteiger partial charge < -0.3 is 10.3 Å². The Morgan fingerprint density at radius 3 is 2.67 bits per heavy atom. The van der Waals surface area contributed by atoms with Crippen LogP contribution in [0.2, 0.25) is 0 Å². The number of aromatic nitrogens is 3. The molecule has 2 aromatic rings.